The number of primary amides is 1. The zero-order chi connectivity index (χ0) is 23.3. The molecule has 1 aliphatic carbocycles. The summed E-state index contributed by atoms with van der Waals surface area (Å²) in [6.45, 7) is 2.17. The lowest BCUT2D eigenvalue weighted by Crippen LogP contribution is -2.29. The van der Waals surface area contributed by atoms with E-state index in [0.29, 0.717) is 38.9 Å². The van der Waals surface area contributed by atoms with E-state index in [9.17, 15) is 19.2 Å². The Balaban J connectivity index is 1.38. The fourth-order valence-corrected chi connectivity index (χ4v) is 5.87. The van der Waals surface area contributed by atoms with Gasteiger partial charge in [-0.3, -0.25) is 19.2 Å². The number of imide groups is 1. The number of hydrogen-bond acceptors (Lipinski definition) is 5. The van der Waals surface area contributed by atoms with E-state index in [1.807, 2.05) is 0 Å². The minimum atomic E-state index is -0.543. The molecule has 0 radical (unpaired) electrons. The van der Waals surface area contributed by atoms with Crippen LogP contribution >= 0.6 is 11.3 Å². The molecule has 2 aromatic carbocycles. The number of benzene rings is 2. The minimum Gasteiger partial charge on any atom is -0.365 e. The molecule has 0 unspecified atom stereocenters. The van der Waals surface area contributed by atoms with Crippen LogP contribution in [0.2, 0.25) is 0 Å². The van der Waals surface area contributed by atoms with Crippen LogP contribution in [0.4, 0.5) is 10.7 Å². The summed E-state index contributed by atoms with van der Waals surface area (Å²) in [5.41, 5.74) is 8.42. The van der Waals surface area contributed by atoms with E-state index in [2.05, 4.69) is 12.2 Å². The van der Waals surface area contributed by atoms with Gasteiger partial charge in [-0.1, -0.05) is 19.1 Å². The van der Waals surface area contributed by atoms with Crippen LogP contribution in [-0.2, 0) is 12.8 Å². The molecule has 0 saturated carbocycles. The zero-order valence-electron chi connectivity index (χ0n) is 17.9. The quantitative estimate of drug-likeness (QED) is 0.574. The standard InChI is InChI=1S/C25H21N3O4S/c1-13-6-11-18-19(12-13)33-23(20(18)21(26)29)27-22(30)14-7-9-15(10-8-14)28-24(31)16-4-2-3-5-17(16)25(28)32/h2-5,7-10,13H,6,11-12H2,1H3,(H2,26,29)(H,27,30)/t13-/m1/s1. The van der Waals surface area contributed by atoms with Crippen LogP contribution in [0.15, 0.2) is 48.5 Å². The molecule has 2 aliphatic rings. The molecule has 0 spiro atoms. The maximum absolute atomic E-state index is 12.9. The summed E-state index contributed by atoms with van der Waals surface area (Å²) < 4.78 is 0. The van der Waals surface area contributed by atoms with Crippen LogP contribution in [0.5, 0.6) is 0 Å². The molecule has 7 nitrogen and oxygen atoms in total. The van der Waals surface area contributed by atoms with Crippen molar-refractivity contribution in [3.8, 4) is 0 Å². The lowest BCUT2D eigenvalue weighted by atomic mass is 9.88. The summed E-state index contributed by atoms with van der Waals surface area (Å²) in [4.78, 5) is 52.6. The van der Waals surface area contributed by atoms with E-state index in [1.165, 1.54) is 11.3 Å². The Morgan fingerprint density at radius 3 is 2.27 bits per heavy atom. The second kappa shape index (κ2) is 7.97. The van der Waals surface area contributed by atoms with Gasteiger partial charge in [-0.25, -0.2) is 4.90 Å². The van der Waals surface area contributed by atoms with Crippen LogP contribution in [0.1, 0.15) is 65.2 Å². The molecule has 8 heteroatoms. The van der Waals surface area contributed by atoms with E-state index in [-0.39, 0.29) is 0 Å². The number of anilines is 2. The van der Waals surface area contributed by atoms with Crippen molar-refractivity contribution in [2.24, 2.45) is 11.7 Å². The SMILES string of the molecule is C[C@@H]1CCc2c(sc(NC(=O)c3ccc(N4C(=O)c5ccccc5C4=O)cc3)c2C(N)=O)C1. The number of fused-ring (bicyclic) bond motifs is 2. The van der Waals surface area contributed by atoms with Crippen molar-refractivity contribution in [2.75, 3.05) is 10.2 Å². The van der Waals surface area contributed by atoms with Gasteiger partial charge in [0.15, 0.2) is 0 Å². The zero-order valence-corrected chi connectivity index (χ0v) is 18.7. The van der Waals surface area contributed by atoms with Gasteiger partial charge in [0.2, 0.25) is 0 Å². The number of carbonyl (C=O) groups is 4. The molecule has 1 aromatic heterocycles. The first-order valence-electron chi connectivity index (χ1n) is 10.7. The molecule has 166 valence electrons. The topological polar surface area (TPSA) is 110 Å². The van der Waals surface area contributed by atoms with Crippen molar-refractivity contribution in [1.82, 2.24) is 0 Å². The third-order valence-electron chi connectivity index (χ3n) is 6.17. The maximum atomic E-state index is 12.9. The predicted octanol–water partition coefficient (Wildman–Crippen LogP) is 4.02. The third-order valence-corrected chi connectivity index (χ3v) is 7.34. The molecular formula is C25H21N3O4S. The van der Waals surface area contributed by atoms with E-state index in [0.717, 1.165) is 34.6 Å². The summed E-state index contributed by atoms with van der Waals surface area (Å²) in [6.07, 6.45) is 2.62. The second-order valence-electron chi connectivity index (χ2n) is 8.41. The highest BCUT2D eigenvalue weighted by molar-refractivity contribution is 7.17. The van der Waals surface area contributed by atoms with E-state index in [1.54, 1.807) is 48.5 Å². The van der Waals surface area contributed by atoms with Gasteiger partial charge >= 0.3 is 0 Å². The molecule has 3 aromatic rings. The Morgan fingerprint density at radius 2 is 1.67 bits per heavy atom. The van der Waals surface area contributed by atoms with Gasteiger partial charge in [0.1, 0.15) is 5.00 Å². The molecule has 1 aliphatic heterocycles. The molecule has 33 heavy (non-hydrogen) atoms. The second-order valence-corrected chi connectivity index (χ2v) is 9.52. The minimum absolute atomic E-state index is 0.338. The largest absolute Gasteiger partial charge is 0.365 e. The Morgan fingerprint density at radius 1 is 1.03 bits per heavy atom. The number of hydrogen-bond donors (Lipinski definition) is 2. The fraction of sp³-hybridized carbons (Fsp3) is 0.200. The average molecular weight is 460 g/mol. The van der Waals surface area contributed by atoms with Crippen molar-refractivity contribution >= 4 is 45.7 Å². The summed E-state index contributed by atoms with van der Waals surface area (Å²) in [5, 5.41) is 3.30. The van der Waals surface area contributed by atoms with Gasteiger partial charge in [-0.15, -0.1) is 11.3 Å². The number of nitrogens with one attached hydrogen (secondary N) is 1. The number of nitrogens with two attached hydrogens (primary N) is 1. The fourth-order valence-electron chi connectivity index (χ4n) is 4.46. The molecule has 1 atom stereocenters. The van der Waals surface area contributed by atoms with E-state index >= 15 is 0 Å². The molecule has 0 fully saturated rings. The Hall–Kier alpha value is -3.78. The maximum Gasteiger partial charge on any atom is 0.266 e. The van der Waals surface area contributed by atoms with Crippen LogP contribution in [-0.4, -0.2) is 23.6 Å². The van der Waals surface area contributed by atoms with Crippen molar-refractivity contribution in [1.29, 1.82) is 0 Å². The van der Waals surface area contributed by atoms with Gasteiger partial charge in [-0.2, -0.15) is 0 Å². The normalized spacial score (nSPS) is 17.0. The van der Waals surface area contributed by atoms with Crippen molar-refractivity contribution < 1.29 is 19.2 Å². The summed E-state index contributed by atoms with van der Waals surface area (Å²) in [5.74, 6) is -1.19. The Labute approximate surface area is 194 Å². The van der Waals surface area contributed by atoms with E-state index < -0.39 is 23.6 Å². The van der Waals surface area contributed by atoms with Crippen LogP contribution < -0.4 is 16.0 Å². The van der Waals surface area contributed by atoms with E-state index in [4.69, 9.17) is 5.73 Å². The number of nitrogens with zero attached hydrogens (tertiary/aromatic N) is 1. The molecule has 5 rings (SSSR count). The third kappa shape index (κ3) is 3.52. The predicted molar refractivity (Wildman–Crippen MR) is 126 cm³/mol. The van der Waals surface area contributed by atoms with Gasteiger partial charge in [-0.05, 0) is 67.1 Å². The molecule has 4 amide bonds. The number of amides is 4. The Bertz CT molecular complexity index is 1290. The summed E-state index contributed by atoms with van der Waals surface area (Å²) >= 11 is 1.40. The molecule has 3 N–H and O–H groups in total. The molecule has 2 heterocycles. The summed E-state index contributed by atoms with van der Waals surface area (Å²) in [7, 11) is 0. The van der Waals surface area contributed by atoms with Gasteiger partial charge < -0.3 is 11.1 Å². The molecule has 0 saturated heterocycles. The highest BCUT2D eigenvalue weighted by Gasteiger charge is 2.36. The first-order valence-corrected chi connectivity index (χ1v) is 11.5. The smallest absolute Gasteiger partial charge is 0.266 e. The number of carbonyl (C=O) groups excluding carboxylic acids is 4. The lowest BCUT2D eigenvalue weighted by Gasteiger charge is -2.18. The number of thiophene rings is 1. The first-order chi connectivity index (χ1) is 15.8. The van der Waals surface area contributed by atoms with Crippen LogP contribution in [0, 0.1) is 5.92 Å². The lowest BCUT2D eigenvalue weighted by molar-refractivity contribution is 0.0923. The molecular weight excluding hydrogens is 438 g/mol. The van der Waals surface area contributed by atoms with Crippen molar-refractivity contribution in [3.05, 3.63) is 81.2 Å². The van der Waals surface area contributed by atoms with Gasteiger partial charge in [0.25, 0.3) is 23.6 Å². The number of rotatable bonds is 4. The summed E-state index contributed by atoms with van der Waals surface area (Å²) in [6, 6.07) is 12.9. The average Bonchev–Trinajstić information content (AvgIpc) is 3.28. The highest BCUT2D eigenvalue weighted by atomic mass is 32.1. The highest BCUT2D eigenvalue weighted by Crippen LogP contribution is 2.39. The van der Waals surface area contributed by atoms with Crippen LogP contribution in [0.3, 0.4) is 0 Å². The first kappa shape index (κ1) is 21.1. The van der Waals surface area contributed by atoms with Gasteiger partial charge in [0, 0.05) is 10.4 Å². The van der Waals surface area contributed by atoms with Crippen LogP contribution in [0.25, 0.3) is 0 Å². The van der Waals surface area contributed by atoms with Crippen molar-refractivity contribution in [3.63, 3.8) is 0 Å². The Kier molecular flexibility index (Phi) is 5.09. The molecule has 0 bridgehead atoms. The van der Waals surface area contributed by atoms with Crippen molar-refractivity contribution in [2.45, 2.75) is 26.2 Å². The van der Waals surface area contributed by atoms with Gasteiger partial charge in [0.05, 0.1) is 22.4 Å². The monoisotopic (exact) mass is 459 g/mol.